The predicted octanol–water partition coefficient (Wildman–Crippen LogP) is 2.92. The molecule has 6 heteroatoms. The summed E-state index contributed by atoms with van der Waals surface area (Å²) in [6, 6.07) is 9.40. The fraction of sp³-hybridized carbons (Fsp3) is 0.143. The van der Waals surface area contributed by atoms with E-state index >= 15 is 0 Å². The highest BCUT2D eigenvalue weighted by Crippen LogP contribution is 2.18. The van der Waals surface area contributed by atoms with Crippen LogP contribution in [0, 0.1) is 5.82 Å². The minimum absolute atomic E-state index is 0.147. The van der Waals surface area contributed by atoms with Crippen LogP contribution in [-0.2, 0) is 4.79 Å². The average Bonchev–Trinajstić information content (AvgIpc) is 2.41. The number of hydrogen-bond acceptors (Lipinski definition) is 4. The van der Waals surface area contributed by atoms with Crippen molar-refractivity contribution in [1.82, 2.24) is 4.98 Å². The van der Waals surface area contributed by atoms with Gasteiger partial charge in [0.1, 0.15) is 11.6 Å². The molecule has 104 valence electrons. The largest absolute Gasteiger partial charge is 0.384 e. The van der Waals surface area contributed by atoms with Gasteiger partial charge in [-0.1, -0.05) is 6.07 Å². The molecule has 0 unspecified atom stereocenters. The molecule has 0 aliphatic heterocycles. The molecule has 1 aromatic heterocycles. The number of carbonyl (C=O) groups excluding carboxylic acids is 1. The maximum atomic E-state index is 13.0. The summed E-state index contributed by atoms with van der Waals surface area (Å²) in [5.74, 6) is 0.571. The van der Waals surface area contributed by atoms with Crippen molar-refractivity contribution < 1.29 is 9.18 Å². The Hall–Kier alpha value is -2.08. The zero-order valence-electron chi connectivity index (χ0n) is 10.7. The van der Waals surface area contributed by atoms with Crippen LogP contribution in [0.4, 0.5) is 15.9 Å². The summed E-state index contributed by atoms with van der Waals surface area (Å²) >= 11 is 1.52. The number of hydrogen-bond donors (Lipinski definition) is 2. The summed E-state index contributed by atoms with van der Waals surface area (Å²) in [4.78, 5) is 16.6. The number of thioether (sulfide) groups is 1. The molecule has 1 amide bonds. The molecule has 0 saturated heterocycles. The quantitative estimate of drug-likeness (QED) is 0.831. The summed E-state index contributed by atoms with van der Waals surface area (Å²) < 4.78 is 13.0. The van der Waals surface area contributed by atoms with E-state index < -0.39 is 0 Å². The number of pyridine rings is 1. The molecule has 0 radical (unpaired) electrons. The van der Waals surface area contributed by atoms with Gasteiger partial charge in [0, 0.05) is 29.0 Å². The minimum atomic E-state index is -0.370. The van der Waals surface area contributed by atoms with E-state index in [-0.39, 0.29) is 11.7 Å². The first kappa shape index (κ1) is 14.3. The lowest BCUT2D eigenvalue weighted by atomic mass is 10.3. The lowest BCUT2D eigenvalue weighted by Gasteiger charge is -2.05. The van der Waals surface area contributed by atoms with Crippen molar-refractivity contribution in [2.24, 2.45) is 0 Å². The molecule has 1 heterocycles. The first-order chi connectivity index (χ1) is 9.63. The highest BCUT2D eigenvalue weighted by molar-refractivity contribution is 7.99. The fourth-order valence-corrected chi connectivity index (χ4v) is 2.34. The van der Waals surface area contributed by atoms with Crippen LogP contribution in [0.25, 0.3) is 0 Å². The van der Waals surface area contributed by atoms with Crippen molar-refractivity contribution in [1.29, 1.82) is 0 Å². The summed E-state index contributed by atoms with van der Waals surface area (Å²) in [5.41, 5.74) is 5.95. The van der Waals surface area contributed by atoms with Crippen molar-refractivity contribution in [2.75, 3.05) is 16.8 Å². The van der Waals surface area contributed by atoms with Gasteiger partial charge in [0.05, 0.1) is 0 Å². The van der Waals surface area contributed by atoms with Crippen LogP contribution in [0.2, 0.25) is 0 Å². The van der Waals surface area contributed by atoms with Crippen LogP contribution < -0.4 is 11.1 Å². The van der Waals surface area contributed by atoms with Crippen LogP contribution in [0.1, 0.15) is 6.42 Å². The van der Waals surface area contributed by atoms with Gasteiger partial charge in [-0.2, -0.15) is 0 Å². The zero-order valence-corrected chi connectivity index (χ0v) is 11.5. The first-order valence-corrected chi connectivity index (χ1v) is 7.02. The molecule has 0 atom stereocenters. The number of halogens is 1. The molecule has 20 heavy (non-hydrogen) atoms. The summed E-state index contributed by atoms with van der Waals surface area (Å²) in [7, 11) is 0. The van der Waals surface area contributed by atoms with Crippen molar-refractivity contribution >= 4 is 29.2 Å². The molecule has 1 aromatic carbocycles. The molecule has 2 aromatic rings. The third kappa shape index (κ3) is 4.55. The minimum Gasteiger partial charge on any atom is -0.384 e. The molecule has 3 N–H and O–H groups in total. The van der Waals surface area contributed by atoms with E-state index in [2.05, 4.69) is 10.3 Å². The number of anilines is 2. The second-order valence-electron chi connectivity index (χ2n) is 4.08. The lowest BCUT2D eigenvalue weighted by Crippen LogP contribution is -2.12. The van der Waals surface area contributed by atoms with E-state index in [0.717, 1.165) is 4.90 Å². The second-order valence-corrected chi connectivity index (χ2v) is 5.24. The van der Waals surface area contributed by atoms with Gasteiger partial charge >= 0.3 is 0 Å². The highest BCUT2D eigenvalue weighted by Gasteiger charge is 2.04. The average molecular weight is 291 g/mol. The Bertz CT molecular complexity index is 589. The third-order valence-electron chi connectivity index (χ3n) is 2.47. The van der Waals surface area contributed by atoms with E-state index in [1.54, 1.807) is 24.4 Å². The normalized spacial score (nSPS) is 10.2. The monoisotopic (exact) mass is 291 g/mol. The smallest absolute Gasteiger partial charge is 0.225 e. The number of nitrogens with two attached hydrogens (primary N) is 1. The van der Waals surface area contributed by atoms with Crippen molar-refractivity contribution in [3.05, 3.63) is 48.4 Å². The maximum Gasteiger partial charge on any atom is 0.225 e. The molecular formula is C14H14FN3OS. The van der Waals surface area contributed by atoms with E-state index in [1.807, 2.05) is 6.07 Å². The standard InChI is InChI=1S/C14H14FN3OS/c15-10-2-1-3-11(8-10)18-14(19)6-7-20-12-4-5-13(16)17-9-12/h1-5,8-9H,6-7H2,(H2,16,17)(H,18,19). The highest BCUT2D eigenvalue weighted by atomic mass is 32.2. The number of nitrogens with zero attached hydrogens (tertiary/aromatic N) is 1. The Morgan fingerprint density at radius 1 is 1.35 bits per heavy atom. The summed E-state index contributed by atoms with van der Waals surface area (Å²) in [5, 5.41) is 2.65. The van der Waals surface area contributed by atoms with E-state index in [1.165, 1.54) is 23.9 Å². The molecule has 0 aliphatic rings. The topological polar surface area (TPSA) is 68.0 Å². The summed E-state index contributed by atoms with van der Waals surface area (Å²) in [6.45, 7) is 0. The molecule has 0 saturated carbocycles. The predicted molar refractivity (Wildman–Crippen MR) is 79.0 cm³/mol. The van der Waals surface area contributed by atoms with Crippen LogP contribution in [-0.4, -0.2) is 16.6 Å². The van der Waals surface area contributed by atoms with E-state index in [4.69, 9.17) is 5.73 Å². The van der Waals surface area contributed by atoms with Gasteiger partial charge in [-0.15, -0.1) is 11.8 Å². The molecule has 0 bridgehead atoms. The molecule has 4 nitrogen and oxygen atoms in total. The first-order valence-electron chi connectivity index (χ1n) is 6.03. The third-order valence-corrected chi connectivity index (χ3v) is 3.45. The van der Waals surface area contributed by atoms with E-state index in [0.29, 0.717) is 23.7 Å². The van der Waals surface area contributed by atoms with Crippen LogP contribution in [0.5, 0.6) is 0 Å². The van der Waals surface area contributed by atoms with Crippen molar-refractivity contribution in [2.45, 2.75) is 11.3 Å². The Morgan fingerprint density at radius 3 is 2.90 bits per heavy atom. The second kappa shape index (κ2) is 6.91. The molecule has 0 aliphatic carbocycles. The Kier molecular flexibility index (Phi) is 4.95. The van der Waals surface area contributed by atoms with Crippen molar-refractivity contribution in [3.63, 3.8) is 0 Å². The Labute approximate surface area is 120 Å². The fourth-order valence-electron chi connectivity index (χ4n) is 1.53. The number of carbonyl (C=O) groups is 1. The summed E-state index contributed by atoms with van der Waals surface area (Å²) in [6.07, 6.45) is 2.01. The zero-order chi connectivity index (χ0) is 14.4. The van der Waals surface area contributed by atoms with Crippen LogP contribution in [0.15, 0.2) is 47.5 Å². The van der Waals surface area contributed by atoms with Gasteiger partial charge in [0.25, 0.3) is 0 Å². The number of nitrogen functional groups attached to an aromatic ring is 1. The molecule has 2 rings (SSSR count). The van der Waals surface area contributed by atoms with Gasteiger partial charge in [-0.3, -0.25) is 4.79 Å². The van der Waals surface area contributed by atoms with Gasteiger partial charge < -0.3 is 11.1 Å². The number of benzene rings is 1. The maximum absolute atomic E-state index is 13.0. The van der Waals surface area contributed by atoms with Gasteiger partial charge in [-0.05, 0) is 30.3 Å². The van der Waals surface area contributed by atoms with Crippen LogP contribution >= 0.6 is 11.8 Å². The molecule has 0 fully saturated rings. The SMILES string of the molecule is Nc1ccc(SCCC(=O)Nc2cccc(F)c2)cn1. The lowest BCUT2D eigenvalue weighted by molar-refractivity contribution is -0.115. The van der Waals surface area contributed by atoms with Crippen LogP contribution in [0.3, 0.4) is 0 Å². The van der Waals surface area contributed by atoms with Gasteiger partial charge in [0.2, 0.25) is 5.91 Å². The Morgan fingerprint density at radius 2 is 2.20 bits per heavy atom. The number of rotatable bonds is 5. The molecule has 0 spiro atoms. The molecular weight excluding hydrogens is 277 g/mol. The van der Waals surface area contributed by atoms with E-state index in [9.17, 15) is 9.18 Å². The number of aromatic nitrogens is 1. The van der Waals surface area contributed by atoms with Crippen molar-refractivity contribution in [3.8, 4) is 0 Å². The Balaban J connectivity index is 1.76. The number of nitrogens with one attached hydrogen (secondary N) is 1. The van der Waals surface area contributed by atoms with Gasteiger partial charge in [0.15, 0.2) is 0 Å². The number of amides is 1. The van der Waals surface area contributed by atoms with Gasteiger partial charge in [-0.25, -0.2) is 9.37 Å².